The topological polar surface area (TPSA) is 52.9 Å². The molecule has 0 amide bonds. The summed E-state index contributed by atoms with van der Waals surface area (Å²) < 4.78 is 5.53. The molecule has 0 spiro atoms. The molecule has 1 aliphatic rings. The Morgan fingerprint density at radius 3 is 2.43 bits per heavy atom. The second kappa shape index (κ2) is 8.28. The van der Waals surface area contributed by atoms with Crippen LogP contribution in [0.25, 0.3) is 0 Å². The van der Waals surface area contributed by atoms with Gasteiger partial charge in [0.2, 0.25) is 0 Å². The van der Waals surface area contributed by atoms with E-state index in [1.165, 1.54) is 0 Å². The van der Waals surface area contributed by atoms with E-state index in [-0.39, 0.29) is 12.0 Å². The standard InChI is InChI=1S/C17H33NO3/c1-6-15(18(7-2)8-3)9-14-12-21-16(20)10-13(11-19)17(14,4)5/h10,14-16,19-20H,6-9,11-12H2,1-5H3. The van der Waals surface area contributed by atoms with Crippen molar-refractivity contribution in [1.82, 2.24) is 4.90 Å². The van der Waals surface area contributed by atoms with E-state index >= 15 is 0 Å². The van der Waals surface area contributed by atoms with Crippen molar-refractivity contribution < 1.29 is 14.9 Å². The Labute approximate surface area is 129 Å². The van der Waals surface area contributed by atoms with Gasteiger partial charge in [0.05, 0.1) is 13.2 Å². The zero-order valence-corrected chi connectivity index (χ0v) is 14.3. The van der Waals surface area contributed by atoms with Crippen molar-refractivity contribution in [3.05, 3.63) is 11.6 Å². The van der Waals surface area contributed by atoms with Crippen LogP contribution >= 0.6 is 0 Å². The monoisotopic (exact) mass is 299 g/mol. The molecule has 0 aromatic rings. The van der Waals surface area contributed by atoms with Gasteiger partial charge in [0.15, 0.2) is 6.29 Å². The molecular weight excluding hydrogens is 266 g/mol. The quantitative estimate of drug-likeness (QED) is 0.709. The maximum Gasteiger partial charge on any atom is 0.174 e. The predicted octanol–water partition coefficient (Wildman–Crippen LogP) is 2.41. The molecule has 2 N–H and O–H groups in total. The fourth-order valence-corrected chi connectivity index (χ4v) is 3.38. The summed E-state index contributed by atoms with van der Waals surface area (Å²) in [4.78, 5) is 2.49. The van der Waals surface area contributed by atoms with Gasteiger partial charge in [-0.15, -0.1) is 0 Å². The lowest BCUT2D eigenvalue weighted by Gasteiger charge is -2.39. The number of hydrogen-bond donors (Lipinski definition) is 2. The lowest BCUT2D eigenvalue weighted by Crippen LogP contribution is -2.40. The summed E-state index contributed by atoms with van der Waals surface area (Å²) in [5.74, 6) is 0.290. The Bertz CT molecular complexity index is 337. The summed E-state index contributed by atoms with van der Waals surface area (Å²) in [5.41, 5.74) is 0.721. The van der Waals surface area contributed by atoms with Crippen molar-refractivity contribution in [3.8, 4) is 0 Å². The van der Waals surface area contributed by atoms with Gasteiger partial charge in [0.1, 0.15) is 0 Å². The van der Waals surface area contributed by atoms with E-state index in [0.717, 1.165) is 31.5 Å². The summed E-state index contributed by atoms with van der Waals surface area (Å²) >= 11 is 0. The Morgan fingerprint density at radius 1 is 1.33 bits per heavy atom. The minimum atomic E-state index is -0.898. The number of hydrogen-bond acceptors (Lipinski definition) is 4. The molecule has 0 aromatic heterocycles. The Balaban J connectivity index is 2.92. The third-order valence-electron chi connectivity index (χ3n) is 5.19. The molecule has 1 rings (SSSR count). The van der Waals surface area contributed by atoms with Crippen LogP contribution in [0.1, 0.15) is 47.5 Å². The second-order valence-corrected chi connectivity index (χ2v) is 6.51. The average molecular weight is 299 g/mol. The van der Waals surface area contributed by atoms with Gasteiger partial charge in [-0.3, -0.25) is 0 Å². The predicted molar refractivity (Wildman–Crippen MR) is 86.0 cm³/mol. The number of rotatable bonds is 7. The molecule has 0 saturated carbocycles. The lowest BCUT2D eigenvalue weighted by molar-refractivity contribution is -0.0822. The minimum Gasteiger partial charge on any atom is -0.392 e. The molecule has 4 nitrogen and oxygen atoms in total. The van der Waals surface area contributed by atoms with E-state index in [9.17, 15) is 10.2 Å². The smallest absolute Gasteiger partial charge is 0.174 e. The SMILES string of the molecule is CCC(CC1COC(O)C=C(CO)C1(C)C)N(CC)CC. The molecule has 0 aliphatic carbocycles. The van der Waals surface area contributed by atoms with Crippen LogP contribution in [-0.2, 0) is 4.74 Å². The molecule has 124 valence electrons. The van der Waals surface area contributed by atoms with Gasteiger partial charge in [-0.1, -0.05) is 34.6 Å². The first-order valence-electron chi connectivity index (χ1n) is 8.26. The number of ether oxygens (including phenoxy) is 1. The molecule has 0 saturated heterocycles. The summed E-state index contributed by atoms with van der Waals surface area (Å²) in [6.45, 7) is 13.5. The third-order valence-corrected chi connectivity index (χ3v) is 5.19. The maximum atomic E-state index is 9.81. The van der Waals surface area contributed by atoms with Crippen LogP contribution < -0.4 is 0 Å². The van der Waals surface area contributed by atoms with Crippen LogP contribution in [0.2, 0.25) is 0 Å². The largest absolute Gasteiger partial charge is 0.392 e. The zero-order valence-electron chi connectivity index (χ0n) is 14.3. The van der Waals surface area contributed by atoms with E-state index in [1.807, 2.05) is 0 Å². The number of aliphatic hydroxyl groups excluding tert-OH is 2. The van der Waals surface area contributed by atoms with E-state index in [1.54, 1.807) is 6.08 Å². The molecule has 0 radical (unpaired) electrons. The van der Waals surface area contributed by atoms with Gasteiger partial charge < -0.3 is 19.8 Å². The van der Waals surface area contributed by atoms with Crippen molar-refractivity contribution in [2.45, 2.75) is 59.8 Å². The van der Waals surface area contributed by atoms with Crippen molar-refractivity contribution in [1.29, 1.82) is 0 Å². The minimum absolute atomic E-state index is 0.0218. The first kappa shape index (κ1) is 18.6. The molecular formula is C17H33NO3. The summed E-state index contributed by atoms with van der Waals surface area (Å²) in [7, 11) is 0. The van der Waals surface area contributed by atoms with Gasteiger partial charge in [0, 0.05) is 6.04 Å². The van der Waals surface area contributed by atoms with Gasteiger partial charge in [0.25, 0.3) is 0 Å². The van der Waals surface area contributed by atoms with Crippen LogP contribution in [0.3, 0.4) is 0 Å². The fourth-order valence-electron chi connectivity index (χ4n) is 3.38. The fraction of sp³-hybridized carbons (Fsp3) is 0.882. The van der Waals surface area contributed by atoms with Crippen molar-refractivity contribution in [2.75, 3.05) is 26.3 Å². The van der Waals surface area contributed by atoms with Gasteiger partial charge in [-0.05, 0) is 48.9 Å². The first-order chi connectivity index (χ1) is 9.90. The summed E-state index contributed by atoms with van der Waals surface area (Å²) in [6.07, 6.45) is 2.90. The molecule has 1 heterocycles. The first-order valence-corrected chi connectivity index (χ1v) is 8.26. The van der Waals surface area contributed by atoms with E-state index in [4.69, 9.17) is 4.74 Å². The van der Waals surface area contributed by atoms with Crippen molar-refractivity contribution in [3.63, 3.8) is 0 Å². The highest BCUT2D eigenvalue weighted by Gasteiger charge is 2.37. The van der Waals surface area contributed by atoms with E-state index in [2.05, 4.69) is 39.5 Å². The zero-order chi connectivity index (χ0) is 16.0. The van der Waals surface area contributed by atoms with Crippen LogP contribution in [0.15, 0.2) is 11.6 Å². The molecule has 3 atom stereocenters. The average Bonchev–Trinajstić information content (AvgIpc) is 2.57. The van der Waals surface area contributed by atoms with Gasteiger partial charge in [-0.2, -0.15) is 0 Å². The van der Waals surface area contributed by atoms with Crippen LogP contribution in [0.5, 0.6) is 0 Å². The highest BCUT2D eigenvalue weighted by Crippen LogP contribution is 2.40. The summed E-state index contributed by atoms with van der Waals surface area (Å²) in [6, 6.07) is 0.517. The Hall–Kier alpha value is -0.420. The molecule has 0 bridgehead atoms. The maximum absolute atomic E-state index is 9.81. The Morgan fingerprint density at radius 2 is 1.95 bits per heavy atom. The van der Waals surface area contributed by atoms with Gasteiger partial charge in [-0.25, -0.2) is 0 Å². The van der Waals surface area contributed by atoms with Crippen LogP contribution in [0.4, 0.5) is 0 Å². The van der Waals surface area contributed by atoms with Crippen molar-refractivity contribution >= 4 is 0 Å². The van der Waals surface area contributed by atoms with E-state index in [0.29, 0.717) is 18.6 Å². The van der Waals surface area contributed by atoms with Crippen LogP contribution in [-0.4, -0.2) is 53.7 Å². The van der Waals surface area contributed by atoms with E-state index < -0.39 is 6.29 Å². The molecule has 1 aliphatic heterocycles. The summed E-state index contributed by atoms with van der Waals surface area (Å²) in [5, 5.41) is 19.4. The molecule has 0 fully saturated rings. The molecule has 4 heteroatoms. The lowest BCUT2D eigenvalue weighted by atomic mass is 9.70. The third kappa shape index (κ3) is 4.52. The van der Waals surface area contributed by atoms with Crippen molar-refractivity contribution in [2.24, 2.45) is 11.3 Å². The highest BCUT2D eigenvalue weighted by atomic mass is 16.6. The molecule has 3 unspecified atom stereocenters. The molecule has 21 heavy (non-hydrogen) atoms. The highest BCUT2D eigenvalue weighted by molar-refractivity contribution is 5.17. The number of nitrogens with zero attached hydrogens (tertiary/aromatic N) is 1. The Kier molecular flexibility index (Phi) is 7.34. The molecule has 0 aromatic carbocycles. The normalized spacial score (nSPS) is 27.3. The second-order valence-electron chi connectivity index (χ2n) is 6.51. The van der Waals surface area contributed by atoms with Crippen LogP contribution in [0, 0.1) is 11.3 Å². The number of aliphatic hydroxyl groups is 2. The van der Waals surface area contributed by atoms with Gasteiger partial charge >= 0.3 is 0 Å².